The van der Waals surface area contributed by atoms with Crippen LogP contribution >= 0.6 is 11.8 Å². The molecule has 60 heavy (non-hydrogen) atoms. The minimum absolute atomic E-state index is 0.00377. The third-order valence-electron chi connectivity index (χ3n) is 11.9. The molecule has 4 bridgehead atoms. The predicted molar refractivity (Wildman–Crippen MR) is 215 cm³/mol. The summed E-state index contributed by atoms with van der Waals surface area (Å²) >= 11 is 1.38. The molecule has 7 atom stereocenters. The van der Waals surface area contributed by atoms with Gasteiger partial charge in [-0.2, -0.15) is 5.26 Å². The van der Waals surface area contributed by atoms with E-state index in [1.54, 1.807) is 14.2 Å². The minimum Gasteiger partial charge on any atom is -0.493 e. The van der Waals surface area contributed by atoms with Crippen molar-refractivity contribution in [1.29, 1.82) is 5.26 Å². The molecule has 1 amide bonds. The second-order valence-electron chi connectivity index (χ2n) is 15.3. The molecule has 2 saturated heterocycles. The Labute approximate surface area is 352 Å². The molecule has 6 aliphatic heterocycles. The lowest BCUT2D eigenvalue weighted by Gasteiger charge is -2.61. The average Bonchev–Trinajstić information content (AvgIpc) is 3.73. The summed E-state index contributed by atoms with van der Waals surface area (Å²) in [6.07, 6.45) is -0.276. The molecule has 6 aliphatic rings. The van der Waals surface area contributed by atoms with Gasteiger partial charge in [0.1, 0.15) is 31.0 Å². The zero-order chi connectivity index (χ0) is 42.2. The summed E-state index contributed by atoms with van der Waals surface area (Å²) in [6, 6.07) is 10.1. The average molecular weight is 845 g/mol. The van der Waals surface area contributed by atoms with Crippen LogP contribution in [-0.2, 0) is 41.6 Å². The van der Waals surface area contributed by atoms with Crippen molar-refractivity contribution in [3.05, 3.63) is 75.3 Å². The van der Waals surface area contributed by atoms with Gasteiger partial charge < -0.3 is 47.9 Å². The van der Waals surface area contributed by atoms with E-state index in [1.165, 1.54) is 18.7 Å². The van der Waals surface area contributed by atoms with Crippen molar-refractivity contribution < 1.29 is 57.0 Å². The standard InChI is InChI=1S/C43H48N4O12S/c1-22-14-26-15-28-29(16-44)47-30-18-54-42(49)27(45-43(50)55-17-25-10-8-7-9-11-25)19-60-41(33-32(30)40-38(57-21-58-40)23(2)37(33)59-24(3)48)35(47)34(46(28)4)31(26)39(36(22)52-6)56-20-53-13-12-51-5/h7-11,14,27-30,34-35,41H,12-13,15,17-21H2,1-6H3,(H,45,50)/t27?,28-,29?,30+,34-,35?,41+/m0/s1. The number of likely N-dealkylation sites (N-methyl/N-ethyl adjacent to an activating group) is 1. The van der Waals surface area contributed by atoms with Crippen molar-refractivity contribution in [2.75, 3.05) is 60.4 Å². The molecular formula is C43H48N4O12S. The highest BCUT2D eigenvalue weighted by molar-refractivity contribution is 7.99. The van der Waals surface area contributed by atoms with Crippen molar-refractivity contribution in [3.8, 4) is 34.8 Å². The molecule has 17 heteroatoms. The lowest BCUT2D eigenvalue weighted by Crippen LogP contribution is -2.69. The van der Waals surface area contributed by atoms with Crippen LogP contribution in [0.15, 0.2) is 36.4 Å². The second kappa shape index (κ2) is 17.4. The van der Waals surface area contributed by atoms with Crippen molar-refractivity contribution in [3.63, 3.8) is 0 Å². The molecule has 3 aromatic rings. The van der Waals surface area contributed by atoms with Gasteiger partial charge in [-0.3, -0.25) is 14.6 Å². The van der Waals surface area contributed by atoms with Crippen molar-refractivity contribution >= 4 is 29.8 Å². The molecule has 6 heterocycles. The fourth-order valence-electron chi connectivity index (χ4n) is 9.40. The molecule has 0 saturated carbocycles. The monoisotopic (exact) mass is 844 g/mol. The third-order valence-corrected chi connectivity index (χ3v) is 13.3. The van der Waals surface area contributed by atoms with Gasteiger partial charge in [-0.25, -0.2) is 9.59 Å². The number of hydrogen-bond donors (Lipinski definition) is 1. The van der Waals surface area contributed by atoms with Crippen LogP contribution in [-0.4, -0.2) is 112 Å². The van der Waals surface area contributed by atoms with Crippen molar-refractivity contribution in [2.45, 2.75) is 75.3 Å². The number of carbonyl (C=O) groups is 3. The predicted octanol–water partition coefficient (Wildman–Crippen LogP) is 4.82. The number of piperazine rings is 1. The Kier molecular flexibility index (Phi) is 12.0. The Morgan fingerprint density at radius 2 is 1.80 bits per heavy atom. The van der Waals surface area contributed by atoms with E-state index in [4.69, 9.17) is 42.6 Å². The van der Waals surface area contributed by atoms with Gasteiger partial charge in [0.25, 0.3) is 0 Å². The van der Waals surface area contributed by atoms with Crippen molar-refractivity contribution in [1.82, 2.24) is 15.1 Å². The van der Waals surface area contributed by atoms with Gasteiger partial charge in [0.15, 0.2) is 29.8 Å². The lowest BCUT2D eigenvalue weighted by molar-refractivity contribution is -0.151. The number of nitrogens with one attached hydrogen (secondary N) is 1. The first-order valence-electron chi connectivity index (χ1n) is 19.8. The number of hydrogen-bond acceptors (Lipinski definition) is 16. The van der Waals surface area contributed by atoms with E-state index in [0.29, 0.717) is 65.1 Å². The van der Waals surface area contributed by atoms with Crippen LogP contribution in [0.3, 0.4) is 0 Å². The summed E-state index contributed by atoms with van der Waals surface area (Å²) in [7, 11) is 5.21. The van der Waals surface area contributed by atoms with E-state index in [-0.39, 0.29) is 38.6 Å². The molecule has 3 aromatic carbocycles. The van der Waals surface area contributed by atoms with E-state index in [1.807, 2.05) is 51.2 Å². The maximum absolute atomic E-state index is 14.0. The lowest BCUT2D eigenvalue weighted by atomic mass is 9.71. The molecule has 0 aliphatic carbocycles. The fraction of sp³-hybridized carbons (Fsp3) is 0.488. The summed E-state index contributed by atoms with van der Waals surface area (Å²) in [5.74, 6) is 1.06. The van der Waals surface area contributed by atoms with Crippen LogP contribution in [0.25, 0.3) is 0 Å². The van der Waals surface area contributed by atoms with Gasteiger partial charge >= 0.3 is 18.0 Å². The van der Waals surface area contributed by atoms with Gasteiger partial charge in [-0.15, -0.1) is 11.8 Å². The number of methoxy groups -OCH3 is 2. The van der Waals surface area contributed by atoms with Crippen LogP contribution < -0.4 is 29.0 Å². The zero-order valence-corrected chi connectivity index (χ0v) is 35.1. The molecular weight excluding hydrogens is 797 g/mol. The van der Waals surface area contributed by atoms with Crippen LogP contribution in [0.4, 0.5) is 4.79 Å². The number of rotatable bonds is 11. The highest BCUT2D eigenvalue weighted by Gasteiger charge is 2.61. The number of benzene rings is 3. The Morgan fingerprint density at radius 1 is 1.02 bits per heavy atom. The number of alkyl carbamates (subject to hydrolysis) is 1. The molecule has 3 unspecified atom stereocenters. The number of amides is 1. The van der Waals surface area contributed by atoms with E-state index in [2.05, 4.69) is 27.3 Å². The third kappa shape index (κ3) is 7.34. The number of fused-ring (bicyclic) bond motifs is 10. The molecule has 318 valence electrons. The normalized spacial score (nSPS) is 25.1. The number of nitriles is 1. The molecule has 0 spiro atoms. The molecule has 1 N–H and O–H groups in total. The fourth-order valence-corrected chi connectivity index (χ4v) is 10.9. The van der Waals surface area contributed by atoms with Gasteiger partial charge in [0.05, 0.1) is 43.7 Å². The molecule has 0 radical (unpaired) electrons. The van der Waals surface area contributed by atoms with Crippen LogP contribution in [0.2, 0.25) is 0 Å². The highest BCUT2D eigenvalue weighted by Crippen LogP contribution is 2.64. The van der Waals surface area contributed by atoms with E-state index >= 15 is 0 Å². The quantitative estimate of drug-likeness (QED) is 0.120. The van der Waals surface area contributed by atoms with Gasteiger partial charge in [-0.1, -0.05) is 36.4 Å². The first kappa shape index (κ1) is 41.5. The van der Waals surface area contributed by atoms with E-state index < -0.39 is 53.5 Å². The van der Waals surface area contributed by atoms with Crippen LogP contribution in [0.5, 0.6) is 28.7 Å². The number of aryl methyl sites for hydroxylation is 1. The number of carbonyl (C=O) groups excluding carboxylic acids is 3. The highest BCUT2D eigenvalue weighted by atomic mass is 32.2. The Bertz CT molecular complexity index is 2200. The second-order valence-corrected chi connectivity index (χ2v) is 16.5. The maximum atomic E-state index is 14.0. The molecule has 9 rings (SSSR count). The molecule has 16 nitrogen and oxygen atoms in total. The summed E-state index contributed by atoms with van der Waals surface area (Å²) < 4.78 is 53.5. The number of esters is 2. The van der Waals surface area contributed by atoms with Crippen molar-refractivity contribution in [2.24, 2.45) is 0 Å². The van der Waals surface area contributed by atoms with Gasteiger partial charge in [0.2, 0.25) is 6.79 Å². The van der Waals surface area contributed by atoms with Crippen LogP contribution in [0, 0.1) is 25.2 Å². The smallest absolute Gasteiger partial charge is 0.408 e. The first-order valence-corrected chi connectivity index (χ1v) is 20.8. The molecule has 0 aromatic heterocycles. The summed E-state index contributed by atoms with van der Waals surface area (Å²) in [5.41, 5.74) is 5.36. The van der Waals surface area contributed by atoms with Gasteiger partial charge in [-0.05, 0) is 44.0 Å². The SMILES string of the molecule is COCCOCOc1c(OC)c(C)cc2c1[C@H]1C3[C@@H]4SCC(NC(=O)OCc5ccccc5)C(=O)OC[C@H](c5c6c(c(C)c(OC(C)=O)c54)OCO6)N3C(C#N)[C@H](C2)N1C. The Hall–Kier alpha value is -5.25. The maximum Gasteiger partial charge on any atom is 0.408 e. The van der Waals surface area contributed by atoms with Crippen LogP contribution in [0.1, 0.15) is 63.2 Å². The number of ether oxygens (including phenoxy) is 9. The van der Waals surface area contributed by atoms with Gasteiger partial charge in [0, 0.05) is 54.1 Å². The zero-order valence-electron chi connectivity index (χ0n) is 34.3. The Morgan fingerprint density at radius 3 is 2.53 bits per heavy atom. The summed E-state index contributed by atoms with van der Waals surface area (Å²) in [5, 5.41) is 13.3. The molecule has 2 fully saturated rings. The first-order chi connectivity index (χ1) is 29.1. The topological polar surface area (TPSA) is 177 Å². The number of nitrogens with zero attached hydrogens (tertiary/aromatic N) is 3. The summed E-state index contributed by atoms with van der Waals surface area (Å²) in [4.78, 5) is 44.6. The Balaban J connectivity index is 1.29. The van der Waals surface area contributed by atoms with E-state index in [0.717, 1.165) is 22.3 Å². The summed E-state index contributed by atoms with van der Waals surface area (Å²) in [6.45, 7) is 5.45. The van der Waals surface area contributed by atoms with E-state index in [9.17, 15) is 19.6 Å². The number of thioether (sulfide) groups is 1. The minimum atomic E-state index is -1.12. The largest absolute Gasteiger partial charge is 0.493 e.